The molecule has 0 bridgehead atoms. The molecule has 1 fully saturated rings. The lowest BCUT2D eigenvalue weighted by molar-refractivity contribution is 0.0932. The van der Waals surface area contributed by atoms with Crippen LogP contribution in [0.5, 0.6) is 0 Å². The summed E-state index contributed by atoms with van der Waals surface area (Å²) in [6.07, 6.45) is 4.81. The van der Waals surface area contributed by atoms with Crippen LogP contribution in [0.4, 0.5) is 0 Å². The Morgan fingerprint density at radius 2 is 2.20 bits per heavy atom. The van der Waals surface area contributed by atoms with Gasteiger partial charge in [-0.15, -0.1) is 0 Å². The van der Waals surface area contributed by atoms with Gasteiger partial charge < -0.3 is 11.1 Å². The summed E-state index contributed by atoms with van der Waals surface area (Å²) < 4.78 is 1.94. The van der Waals surface area contributed by atoms with Gasteiger partial charge >= 0.3 is 0 Å². The van der Waals surface area contributed by atoms with Crippen LogP contribution in [0.2, 0.25) is 0 Å². The lowest BCUT2D eigenvalue weighted by Crippen LogP contribution is -2.42. The van der Waals surface area contributed by atoms with Gasteiger partial charge in [0.25, 0.3) is 5.91 Å². The van der Waals surface area contributed by atoms with Crippen molar-refractivity contribution >= 4 is 5.91 Å². The zero-order valence-electron chi connectivity index (χ0n) is 12.9. The molecule has 5 nitrogen and oxygen atoms in total. The molecule has 3 N–H and O–H groups in total. The third-order valence-corrected chi connectivity index (χ3v) is 3.85. The predicted molar refractivity (Wildman–Crippen MR) is 79.6 cm³/mol. The fourth-order valence-electron chi connectivity index (χ4n) is 2.60. The topological polar surface area (TPSA) is 72.9 Å². The quantitative estimate of drug-likeness (QED) is 0.860. The van der Waals surface area contributed by atoms with Gasteiger partial charge in [0.05, 0.1) is 23.0 Å². The summed E-state index contributed by atoms with van der Waals surface area (Å²) in [6, 6.07) is 0.102. The molecule has 1 aliphatic carbocycles. The predicted octanol–water partition coefficient (Wildman–Crippen LogP) is 1.67. The molecule has 0 spiro atoms. The first-order valence-corrected chi connectivity index (χ1v) is 7.46. The maximum atomic E-state index is 12.4. The van der Waals surface area contributed by atoms with Crippen LogP contribution < -0.4 is 11.1 Å². The molecule has 0 aliphatic heterocycles. The van der Waals surface area contributed by atoms with Crippen LogP contribution in [0.3, 0.4) is 0 Å². The van der Waals surface area contributed by atoms with Crippen molar-refractivity contribution in [2.75, 3.05) is 6.54 Å². The minimum Gasteiger partial charge on any atom is -0.348 e. The van der Waals surface area contributed by atoms with Gasteiger partial charge in [0.1, 0.15) is 0 Å². The number of carbonyl (C=O) groups excluding carboxylic acids is 1. The molecular formula is C15H26N4O. The van der Waals surface area contributed by atoms with E-state index in [4.69, 9.17) is 5.73 Å². The van der Waals surface area contributed by atoms with E-state index in [1.807, 2.05) is 4.68 Å². The highest BCUT2D eigenvalue weighted by Gasteiger charge is 2.32. The van der Waals surface area contributed by atoms with E-state index in [1.54, 1.807) is 6.20 Å². The molecule has 1 aliphatic rings. The van der Waals surface area contributed by atoms with Crippen molar-refractivity contribution in [1.29, 1.82) is 0 Å². The fourth-order valence-corrected chi connectivity index (χ4v) is 2.60. The van der Waals surface area contributed by atoms with Crippen LogP contribution >= 0.6 is 0 Å². The highest BCUT2D eigenvalue weighted by atomic mass is 16.1. The van der Waals surface area contributed by atoms with Crippen LogP contribution in [0, 0.1) is 5.92 Å². The lowest BCUT2D eigenvalue weighted by atomic mass is 10.1. The number of amides is 1. The Kier molecular flexibility index (Phi) is 4.18. The van der Waals surface area contributed by atoms with E-state index in [2.05, 4.69) is 38.1 Å². The zero-order chi connectivity index (χ0) is 14.9. The lowest BCUT2D eigenvalue weighted by Gasteiger charge is -2.22. The van der Waals surface area contributed by atoms with Gasteiger partial charge in [0.2, 0.25) is 0 Å². The molecule has 2 rings (SSSR count). The fraction of sp³-hybridized carbons (Fsp3) is 0.733. The van der Waals surface area contributed by atoms with E-state index in [9.17, 15) is 4.79 Å². The Labute approximate surface area is 120 Å². The Hall–Kier alpha value is -1.36. The van der Waals surface area contributed by atoms with Gasteiger partial charge in [-0.25, -0.2) is 0 Å². The van der Waals surface area contributed by atoms with E-state index < -0.39 is 0 Å². The summed E-state index contributed by atoms with van der Waals surface area (Å²) in [5, 5.41) is 7.46. The average Bonchev–Trinajstić information content (AvgIpc) is 3.11. The van der Waals surface area contributed by atoms with Gasteiger partial charge in [-0.2, -0.15) is 5.10 Å². The third kappa shape index (κ3) is 3.03. The molecule has 112 valence electrons. The zero-order valence-corrected chi connectivity index (χ0v) is 12.9. The molecule has 0 aromatic carbocycles. The van der Waals surface area contributed by atoms with E-state index in [-0.39, 0.29) is 17.5 Å². The summed E-state index contributed by atoms with van der Waals surface area (Å²) in [4.78, 5) is 12.4. The Morgan fingerprint density at radius 1 is 1.55 bits per heavy atom. The maximum absolute atomic E-state index is 12.4. The summed E-state index contributed by atoms with van der Waals surface area (Å²) in [5.74, 6) is 0.520. The second-order valence-electron chi connectivity index (χ2n) is 6.59. The number of hydrogen-bond acceptors (Lipinski definition) is 3. The minimum atomic E-state index is -0.117. The highest BCUT2D eigenvalue weighted by Crippen LogP contribution is 2.32. The molecule has 0 saturated heterocycles. The molecule has 0 radical (unpaired) electrons. The van der Waals surface area contributed by atoms with E-state index in [1.165, 1.54) is 12.8 Å². The van der Waals surface area contributed by atoms with Crippen LogP contribution in [0.1, 0.15) is 56.6 Å². The van der Waals surface area contributed by atoms with Crippen molar-refractivity contribution < 1.29 is 4.79 Å². The summed E-state index contributed by atoms with van der Waals surface area (Å²) >= 11 is 0. The highest BCUT2D eigenvalue weighted by molar-refractivity contribution is 5.95. The largest absolute Gasteiger partial charge is 0.348 e. The van der Waals surface area contributed by atoms with Crippen molar-refractivity contribution in [3.05, 3.63) is 17.5 Å². The van der Waals surface area contributed by atoms with Crippen molar-refractivity contribution in [2.24, 2.45) is 11.7 Å². The number of rotatable bonds is 5. The van der Waals surface area contributed by atoms with Crippen LogP contribution in [-0.4, -0.2) is 28.3 Å². The summed E-state index contributed by atoms with van der Waals surface area (Å²) in [7, 11) is 0. The van der Waals surface area contributed by atoms with Crippen molar-refractivity contribution in [2.45, 2.75) is 58.5 Å². The third-order valence-electron chi connectivity index (χ3n) is 3.85. The molecule has 1 heterocycles. The maximum Gasteiger partial charge on any atom is 0.255 e. The molecule has 1 aromatic rings. The number of nitrogens with one attached hydrogen (secondary N) is 1. The number of nitrogens with two attached hydrogens (primary N) is 1. The molecule has 1 saturated carbocycles. The van der Waals surface area contributed by atoms with Gasteiger partial charge in [-0.05, 0) is 46.0 Å². The summed E-state index contributed by atoms with van der Waals surface area (Å²) in [6.45, 7) is 8.83. The Bertz CT molecular complexity index is 483. The van der Waals surface area contributed by atoms with Crippen molar-refractivity contribution in [1.82, 2.24) is 15.1 Å². The monoisotopic (exact) mass is 278 g/mol. The van der Waals surface area contributed by atoms with Crippen LogP contribution in [0.15, 0.2) is 6.20 Å². The Balaban J connectivity index is 2.19. The molecule has 5 heteroatoms. The van der Waals surface area contributed by atoms with Gasteiger partial charge in [-0.3, -0.25) is 9.48 Å². The van der Waals surface area contributed by atoms with Crippen LogP contribution in [0.25, 0.3) is 0 Å². The SMILES string of the molecule is CCc1c(C(=O)NC(CN)C2CC2)cnn1C(C)(C)C. The minimum absolute atomic E-state index is 0.0419. The van der Waals surface area contributed by atoms with Crippen molar-refractivity contribution in [3.63, 3.8) is 0 Å². The number of aromatic nitrogens is 2. The number of hydrogen-bond donors (Lipinski definition) is 2. The van der Waals surface area contributed by atoms with Gasteiger partial charge in [0.15, 0.2) is 0 Å². The standard InChI is InChI=1S/C15H26N4O/c1-5-13-11(9-17-19(13)15(2,3)4)14(20)18-12(8-16)10-6-7-10/h9-10,12H,5-8,16H2,1-4H3,(H,18,20). The molecule has 1 unspecified atom stereocenters. The number of carbonyl (C=O) groups is 1. The second kappa shape index (κ2) is 5.56. The second-order valence-corrected chi connectivity index (χ2v) is 6.59. The van der Waals surface area contributed by atoms with E-state index in [0.717, 1.165) is 12.1 Å². The normalized spacial score (nSPS) is 17.1. The van der Waals surface area contributed by atoms with Crippen molar-refractivity contribution in [3.8, 4) is 0 Å². The van der Waals surface area contributed by atoms with E-state index in [0.29, 0.717) is 18.0 Å². The van der Waals surface area contributed by atoms with Crippen LogP contribution in [-0.2, 0) is 12.0 Å². The van der Waals surface area contributed by atoms with E-state index >= 15 is 0 Å². The molecule has 20 heavy (non-hydrogen) atoms. The Morgan fingerprint density at radius 3 is 2.65 bits per heavy atom. The first kappa shape index (κ1) is 15.0. The first-order valence-electron chi connectivity index (χ1n) is 7.46. The average molecular weight is 278 g/mol. The number of nitrogens with zero attached hydrogens (tertiary/aromatic N) is 2. The van der Waals surface area contributed by atoms with Gasteiger partial charge in [0, 0.05) is 12.6 Å². The smallest absolute Gasteiger partial charge is 0.255 e. The first-order chi connectivity index (χ1) is 9.38. The molecule has 1 aromatic heterocycles. The molecule has 1 amide bonds. The molecule has 1 atom stereocenters. The molecular weight excluding hydrogens is 252 g/mol. The van der Waals surface area contributed by atoms with Gasteiger partial charge in [-0.1, -0.05) is 6.92 Å². The summed E-state index contributed by atoms with van der Waals surface area (Å²) in [5.41, 5.74) is 7.30.